The number of nitrogens with zero attached hydrogens (tertiary/aromatic N) is 5. The molecule has 1 aromatic carbocycles. The Morgan fingerprint density at radius 3 is 2.79 bits per heavy atom. The van der Waals surface area contributed by atoms with Crippen molar-refractivity contribution in [2.75, 3.05) is 43.4 Å². The van der Waals surface area contributed by atoms with Gasteiger partial charge in [-0.2, -0.15) is 0 Å². The SMILES string of the molecule is Cc1ncccc1OCCN(CCCCc1ccc2c(n1)NCCC2)CCC(Nc1cnc2ccccc2n1)C(=O)O. The second-order valence-corrected chi connectivity index (χ2v) is 10.6. The molecule has 10 heteroatoms. The van der Waals surface area contributed by atoms with E-state index >= 15 is 0 Å². The summed E-state index contributed by atoms with van der Waals surface area (Å²) in [6.45, 7) is 5.51. The minimum atomic E-state index is -0.917. The van der Waals surface area contributed by atoms with Crippen molar-refractivity contribution in [2.24, 2.45) is 0 Å². The third-order valence-electron chi connectivity index (χ3n) is 7.54. The lowest BCUT2D eigenvalue weighted by atomic mass is 10.1. The fourth-order valence-electron chi connectivity index (χ4n) is 5.17. The molecule has 3 N–H and O–H groups in total. The highest BCUT2D eigenvalue weighted by atomic mass is 16.5. The summed E-state index contributed by atoms with van der Waals surface area (Å²) in [7, 11) is 0. The average Bonchev–Trinajstić information content (AvgIpc) is 3.01. The number of para-hydroxylation sites is 2. The quantitative estimate of drug-likeness (QED) is 0.173. The molecule has 0 bridgehead atoms. The molecule has 3 aromatic heterocycles. The number of pyridine rings is 2. The number of ether oxygens (including phenoxy) is 1. The highest BCUT2D eigenvalue weighted by molar-refractivity contribution is 5.78. The standard InChI is InChI=1S/C32H39N7O3/c1-23-29(12-7-16-33-23)42-21-20-39(18-5-4-9-25-14-13-24-8-6-17-34-31(24)36-25)19-15-28(32(40)41)38-30-22-35-26-10-2-3-11-27(26)37-30/h2-3,7,10-14,16,22,28H,4-6,8-9,15,17-21H2,1H3,(H,34,36)(H,37,38)(H,40,41). The first-order chi connectivity index (χ1) is 20.5. The van der Waals surface area contributed by atoms with Crippen molar-refractivity contribution in [3.63, 3.8) is 0 Å². The van der Waals surface area contributed by atoms with Crippen molar-refractivity contribution in [2.45, 2.75) is 51.5 Å². The number of rotatable bonds is 15. The Morgan fingerprint density at radius 2 is 1.93 bits per heavy atom. The monoisotopic (exact) mass is 569 g/mol. The lowest BCUT2D eigenvalue weighted by molar-refractivity contribution is -0.138. The van der Waals surface area contributed by atoms with E-state index in [9.17, 15) is 9.90 Å². The number of carboxylic acid groups (broad SMARTS) is 1. The molecule has 1 aliphatic heterocycles. The van der Waals surface area contributed by atoms with E-state index in [1.54, 1.807) is 12.4 Å². The highest BCUT2D eigenvalue weighted by Crippen LogP contribution is 2.20. The van der Waals surface area contributed by atoms with Gasteiger partial charge in [0.05, 0.1) is 22.9 Å². The molecule has 0 saturated heterocycles. The molecule has 0 aliphatic carbocycles. The predicted octanol–water partition coefficient (Wildman–Crippen LogP) is 4.75. The molecule has 1 unspecified atom stereocenters. The average molecular weight is 570 g/mol. The number of carboxylic acids is 1. The molecule has 4 aromatic rings. The maximum absolute atomic E-state index is 12.2. The largest absolute Gasteiger partial charge is 0.490 e. The van der Waals surface area contributed by atoms with Gasteiger partial charge in [-0.15, -0.1) is 0 Å². The number of benzene rings is 1. The molecule has 0 spiro atoms. The lowest BCUT2D eigenvalue weighted by Gasteiger charge is -2.25. The van der Waals surface area contributed by atoms with Gasteiger partial charge in [0.2, 0.25) is 0 Å². The molecular formula is C32H39N7O3. The Hall–Kier alpha value is -4.31. The van der Waals surface area contributed by atoms with Crippen LogP contribution in [-0.2, 0) is 17.6 Å². The van der Waals surface area contributed by atoms with Crippen molar-refractivity contribution in [3.05, 3.63) is 77.9 Å². The zero-order valence-corrected chi connectivity index (χ0v) is 24.1. The predicted molar refractivity (Wildman–Crippen MR) is 164 cm³/mol. The zero-order valence-electron chi connectivity index (χ0n) is 24.1. The molecule has 42 heavy (non-hydrogen) atoms. The number of unbranched alkanes of at least 4 members (excludes halogenated alkanes) is 1. The Labute approximate surface area is 246 Å². The van der Waals surface area contributed by atoms with Crippen LogP contribution < -0.4 is 15.4 Å². The number of carbonyl (C=O) groups is 1. The zero-order chi connectivity index (χ0) is 29.1. The van der Waals surface area contributed by atoms with Crippen LogP contribution in [0.25, 0.3) is 11.0 Å². The van der Waals surface area contributed by atoms with E-state index in [0.717, 1.165) is 79.2 Å². The maximum Gasteiger partial charge on any atom is 0.326 e. The lowest BCUT2D eigenvalue weighted by Crippen LogP contribution is -2.37. The summed E-state index contributed by atoms with van der Waals surface area (Å²) in [5, 5.41) is 16.5. The molecule has 1 aliphatic rings. The third-order valence-corrected chi connectivity index (χ3v) is 7.54. The fourth-order valence-corrected chi connectivity index (χ4v) is 5.17. The first-order valence-electron chi connectivity index (χ1n) is 14.8. The second-order valence-electron chi connectivity index (χ2n) is 10.6. The molecule has 0 fully saturated rings. The van der Waals surface area contributed by atoms with Gasteiger partial charge >= 0.3 is 5.97 Å². The number of aryl methyl sites for hydroxylation is 3. The van der Waals surface area contributed by atoms with E-state index in [1.165, 1.54) is 5.56 Å². The topological polar surface area (TPSA) is 125 Å². The van der Waals surface area contributed by atoms with Crippen LogP contribution in [0.5, 0.6) is 5.75 Å². The molecule has 220 valence electrons. The number of hydrogen-bond donors (Lipinski definition) is 3. The summed E-state index contributed by atoms with van der Waals surface area (Å²) in [4.78, 5) is 32.5. The van der Waals surface area contributed by atoms with Crippen LogP contribution in [0.15, 0.2) is 60.9 Å². The minimum absolute atomic E-state index is 0.411. The van der Waals surface area contributed by atoms with Crippen molar-refractivity contribution in [1.29, 1.82) is 0 Å². The molecule has 5 rings (SSSR count). The fraction of sp³-hybridized carbons (Fsp3) is 0.406. The van der Waals surface area contributed by atoms with Gasteiger partial charge in [-0.3, -0.25) is 14.9 Å². The van der Waals surface area contributed by atoms with Crippen LogP contribution in [0, 0.1) is 6.92 Å². The highest BCUT2D eigenvalue weighted by Gasteiger charge is 2.20. The normalized spacial score (nSPS) is 13.4. The molecule has 4 heterocycles. The number of aliphatic carboxylic acids is 1. The Morgan fingerprint density at radius 1 is 1.05 bits per heavy atom. The van der Waals surface area contributed by atoms with Crippen LogP contribution >= 0.6 is 0 Å². The molecule has 1 atom stereocenters. The molecule has 10 nitrogen and oxygen atoms in total. The number of hydrogen-bond acceptors (Lipinski definition) is 9. The Bertz CT molecular complexity index is 1480. The van der Waals surface area contributed by atoms with Crippen molar-refractivity contribution in [3.8, 4) is 5.75 Å². The first-order valence-corrected chi connectivity index (χ1v) is 14.8. The van der Waals surface area contributed by atoms with Crippen molar-refractivity contribution in [1.82, 2.24) is 24.8 Å². The van der Waals surface area contributed by atoms with Crippen LogP contribution in [0.1, 0.15) is 42.6 Å². The summed E-state index contributed by atoms with van der Waals surface area (Å²) >= 11 is 0. The van der Waals surface area contributed by atoms with Crippen molar-refractivity contribution >= 4 is 28.6 Å². The van der Waals surface area contributed by atoms with Gasteiger partial charge in [-0.05, 0) is 87.9 Å². The molecular weight excluding hydrogens is 530 g/mol. The second kappa shape index (κ2) is 14.5. The van der Waals surface area contributed by atoms with Gasteiger partial charge in [-0.25, -0.2) is 14.8 Å². The number of fused-ring (bicyclic) bond motifs is 2. The Kier molecular flexibility index (Phi) is 10.1. The maximum atomic E-state index is 12.2. The smallest absolute Gasteiger partial charge is 0.326 e. The summed E-state index contributed by atoms with van der Waals surface area (Å²) in [5.74, 6) is 1.34. The van der Waals surface area contributed by atoms with Crippen LogP contribution in [0.2, 0.25) is 0 Å². The minimum Gasteiger partial charge on any atom is -0.490 e. The van der Waals surface area contributed by atoms with Gasteiger partial charge in [0.1, 0.15) is 30.0 Å². The van der Waals surface area contributed by atoms with E-state index in [4.69, 9.17) is 9.72 Å². The Balaban J connectivity index is 1.17. The number of aromatic nitrogens is 4. The summed E-state index contributed by atoms with van der Waals surface area (Å²) in [6, 6.07) is 14.9. The summed E-state index contributed by atoms with van der Waals surface area (Å²) in [5.41, 5.74) is 4.75. The van der Waals surface area contributed by atoms with Gasteiger partial charge in [0, 0.05) is 31.5 Å². The molecule has 0 amide bonds. The van der Waals surface area contributed by atoms with Gasteiger partial charge in [0.25, 0.3) is 0 Å². The third kappa shape index (κ3) is 8.13. The number of anilines is 2. The van der Waals surface area contributed by atoms with Crippen molar-refractivity contribution < 1.29 is 14.6 Å². The summed E-state index contributed by atoms with van der Waals surface area (Å²) < 4.78 is 6.02. The van der Waals surface area contributed by atoms with Crippen LogP contribution in [0.4, 0.5) is 11.6 Å². The number of nitrogens with one attached hydrogen (secondary N) is 2. The summed E-state index contributed by atoms with van der Waals surface area (Å²) in [6.07, 6.45) is 8.87. The molecule has 0 radical (unpaired) electrons. The molecule has 0 saturated carbocycles. The van der Waals surface area contributed by atoms with Gasteiger partial charge < -0.3 is 20.5 Å². The first kappa shape index (κ1) is 29.2. The van der Waals surface area contributed by atoms with E-state index in [1.807, 2.05) is 43.3 Å². The van der Waals surface area contributed by atoms with E-state index in [0.29, 0.717) is 31.9 Å². The van der Waals surface area contributed by atoms with Gasteiger partial charge in [-0.1, -0.05) is 18.2 Å². The van der Waals surface area contributed by atoms with E-state index in [2.05, 4.69) is 42.6 Å². The van der Waals surface area contributed by atoms with Crippen LogP contribution in [-0.4, -0.2) is 74.7 Å². The van der Waals surface area contributed by atoms with Crippen LogP contribution in [0.3, 0.4) is 0 Å². The van der Waals surface area contributed by atoms with E-state index in [-0.39, 0.29) is 0 Å². The van der Waals surface area contributed by atoms with E-state index < -0.39 is 12.0 Å². The van der Waals surface area contributed by atoms with Gasteiger partial charge in [0.15, 0.2) is 0 Å².